The predicted octanol–water partition coefficient (Wildman–Crippen LogP) is 4.35. The first-order chi connectivity index (χ1) is 9.29. The highest BCUT2D eigenvalue weighted by Crippen LogP contribution is 2.35. The van der Waals surface area contributed by atoms with Crippen LogP contribution in [0.4, 0.5) is 0 Å². The molecule has 1 fully saturated rings. The molecule has 0 bridgehead atoms. The zero-order chi connectivity index (χ0) is 13.6. The molecule has 1 aliphatic rings. The Bertz CT molecular complexity index is 406. The Hall–Kier alpha value is -0.133. The maximum absolute atomic E-state index is 6.48. The fourth-order valence-corrected chi connectivity index (χ4v) is 9.77. The van der Waals surface area contributed by atoms with Crippen molar-refractivity contribution in [1.82, 2.24) is 0 Å². The molecule has 1 heterocycles. The minimum Gasteiger partial charge on any atom is -0.408 e. The van der Waals surface area contributed by atoms with Crippen LogP contribution in [0.25, 0.3) is 0 Å². The molecule has 3 heteroatoms. The summed E-state index contributed by atoms with van der Waals surface area (Å²) in [6, 6.07) is 12.2. The van der Waals surface area contributed by atoms with Gasteiger partial charge in [0.2, 0.25) is 8.32 Å². The summed E-state index contributed by atoms with van der Waals surface area (Å²) in [7, 11) is -1.74. The van der Waals surface area contributed by atoms with Crippen LogP contribution in [0.3, 0.4) is 0 Å². The topological polar surface area (TPSA) is 9.23 Å². The molecular formula is C16H23IOSi. The van der Waals surface area contributed by atoms with Gasteiger partial charge >= 0.3 is 0 Å². The lowest BCUT2D eigenvalue weighted by Gasteiger charge is -2.30. The highest BCUT2D eigenvalue weighted by molar-refractivity contribution is 14.1. The first-order valence-corrected chi connectivity index (χ1v) is 10.7. The van der Waals surface area contributed by atoms with Crippen molar-refractivity contribution in [2.75, 3.05) is 6.61 Å². The van der Waals surface area contributed by atoms with E-state index in [-0.39, 0.29) is 0 Å². The van der Waals surface area contributed by atoms with Gasteiger partial charge in [-0.2, -0.15) is 0 Å². The number of hydrogen-bond acceptors (Lipinski definition) is 1. The molecule has 2 atom stereocenters. The van der Waals surface area contributed by atoms with Crippen molar-refractivity contribution in [2.24, 2.45) is 0 Å². The maximum atomic E-state index is 6.48. The molecule has 1 aromatic carbocycles. The van der Waals surface area contributed by atoms with Gasteiger partial charge in [-0.3, -0.25) is 0 Å². The summed E-state index contributed by atoms with van der Waals surface area (Å²) < 4.78 is 7.19. The Balaban J connectivity index is 2.08. The summed E-state index contributed by atoms with van der Waals surface area (Å²) in [5, 5.41) is 1.48. The van der Waals surface area contributed by atoms with Crippen molar-refractivity contribution in [1.29, 1.82) is 0 Å². The Morgan fingerprint density at radius 1 is 1.32 bits per heavy atom. The minimum absolute atomic E-state index is 0.715. The predicted molar refractivity (Wildman–Crippen MR) is 93.7 cm³/mol. The highest BCUT2D eigenvalue weighted by Gasteiger charge is 2.47. The molecule has 0 aliphatic carbocycles. The van der Waals surface area contributed by atoms with Crippen LogP contribution >= 0.6 is 22.6 Å². The van der Waals surface area contributed by atoms with Crippen LogP contribution in [0.1, 0.15) is 32.6 Å². The second-order valence-electron chi connectivity index (χ2n) is 5.19. The fourth-order valence-electron chi connectivity index (χ4n) is 2.77. The van der Waals surface area contributed by atoms with Crippen molar-refractivity contribution in [3.63, 3.8) is 0 Å². The number of allylic oxidation sites excluding steroid dienone is 1. The molecule has 1 aliphatic heterocycles. The van der Waals surface area contributed by atoms with E-state index in [0.717, 1.165) is 13.0 Å². The van der Waals surface area contributed by atoms with Gasteiger partial charge in [-0.05, 0) is 24.1 Å². The molecule has 1 aromatic rings. The Morgan fingerprint density at radius 3 is 2.74 bits per heavy atom. The van der Waals surface area contributed by atoms with Gasteiger partial charge in [0.05, 0.1) is 6.61 Å². The summed E-state index contributed by atoms with van der Waals surface area (Å²) in [6.07, 6.45) is 9.49. The molecular weight excluding hydrogens is 363 g/mol. The van der Waals surface area contributed by atoms with Crippen molar-refractivity contribution in [2.45, 2.75) is 42.2 Å². The number of alkyl halides is 1. The zero-order valence-electron chi connectivity index (χ0n) is 11.6. The van der Waals surface area contributed by atoms with Gasteiger partial charge in [0.25, 0.3) is 0 Å². The van der Waals surface area contributed by atoms with Gasteiger partial charge in [0.1, 0.15) is 0 Å². The quantitative estimate of drug-likeness (QED) is 0.306. The lowest BCUT2D eigenvalue weighted by Crippen LogP contribution is -2.55. The van der Waals surface area contributed by atoms with E-state index in [0.29, 0.717) is 3.55 Å². The van der Waals surface area contributed by atoms with E-state index >= 15 is 0 Å². The van der Waals surface area contributed by atoms with Crippen LogP contribution in [-0.2, 0) is 4.43 Å². The van der Waals surface area contributed by atoms with Gasteiger partial charge < -0.3 is 4.43 Å². The van der Waals surface area contributed by atoms with E-state index in [1.165, 1.54) is 30.5 Å². The van der Waals surface area contributed by atoms with Crippen molar-refractivity contribution < 1.29 is 4.43 Å². The number of rotatable bonds is 6. The van der Waals surface area contributed by atoms with Gasteiger partial charge in [-0.1, -0.05) is 84.8 Å². The van der Waals surface area contributed by atoms with Crippen molar-refractivity contribution in [3.05, 3.63) is 42.5 Å². The molecule has 0 spiro atoms. The maximum Gasteiger partial charge on any atom is 0.237 e. The van der Waals surface area contributed by atoms with Gasteiger partial charge in [0.15, 0.2) is 0 Å². The average Bonchev–Trinajstić information content (AvgIpc) is 2.82. The molecule has 104 valence electrons. The van der Waals surface area contributed by atoms with Crippen LogP contribution in [-0.4, -0.2) is 18.5 Å². The van der Waals surface area contributed by atoms with Crippen LogP contribution in [0.15, 0.2) is 42.5 Å². The molecule has 2 unspecified atom stereocenters. The standard InChI is InChI=1S/C16H23IOSi/c1-2-3-4-8-13-18-19(14-9-12-16(19)17)15-10-6-5-7-11-15/h4-8,10-11,16H,2-3,9,12-14H2,1H3/b8-4-. The smallest absolute Gasteiger partial charge is 0.237 e. The first-order valence-electron chi connectivity index (χ1n) is 7.28. The molecule has 1 saturated heterocycles. The van der Waals surface area contributed by atoms with Gasteiger partial charge in [-0.15, -0.1) is 0 Å². The molecule has 1 nitrogen and oxygen atoms in total. The van der Waals surface area contributed by atoms with Crippen LogP contribution in [0.2, 0.25) is 6.04 Å². The van der Waals surface area contributed by atoms with Crippen molar-refractivity contribution >= 4 is 36.1 Å². The van der Waals surface area contributed by atoms with Crippen LogP contribution in [0.5, 0.6) is 0 Å². The van der Waals surface area contributed by atoms with Crippen molar-refractivity contribution in [3.8, 4) is 0 Å². The summed E-state index contributed by atoms with van der Waals surface area (Å²) >= 11 is 2.63. The third kappa shape index (κ3) is 3.70. The average molecular weight is 386 g/mol. The molecule has 0 saturated carbocycles. The van der Waals surface area contributed by atoms with Crippen LogP contribution < -0.4 is 5.19 Å². The molecule has 0 aromatic heterocycles. The third-order valence-corrected chi connectivity index (χ3v) is 11.9. The third-order valence-electron chi connectivity index (χ3n) is 3.83. The molecule has 0 radical (unpaired) electrons. The van der Waals surface area contributed by atoms with Crippen LogP contribution in [0, 0.1) is 0 Å². The Morgan fingerprint density at radius 2 is 2.11 bits per heavy atom. The fraction of sp³-hybridized carbons (Fsp3) is 0.500. The highest BCUT2D eigenvalue weighted by atomic mass is 127. The number of hydrogen-bond donors (Lipinski definition) is 0. The lowest BCUT2D eigenvalue weighted by atomic mass is 10.3. The summed E-state index contributed by atoms with van der Waals surface area (Å²) in [5.41, 5.74) is 0. The van der Waals surface area contributed by atoms with E-state index in [4.69, 9.17) is 4.43 Å². The number of unbranched alkanes of at least 4 members (excludes halogenated alkanes) is 1. The summed E-state index contributed by atoms with van der Waals surface area (Å²) in [5.74, 6) is 0. The Labute approximate surface area is 131 Å². The van der Waals surface area contributed by atoms with E-state index in [1.807, 2.05) is 0 Å². The van der Waals surface area contributed by atoms with E-state index in [2.05, 4.69) is 72.0 Å². The second-order valence-corrected chi connectivity index (χ2v) is 11.7. The first kappa shape index (κ1) is 15.3. The zero-order valence-corrected chi connectivity index (χ0v) is 14.8. The largest absolute Gasteiger partial charge is 0.408 e. The lowest BCUT2D eigenvalue weighted by molar-refractivity contribution is 0.356. The monoisotopic (exact) mass is 386 g/mol. The van der Waals surface area contributed by atoms with E-state index in [1.54, 1.807) is 0 Å². The molecule has 2 rings (SSSR count). The Kier molecular flexibility index (Phi) is 6.10. The second kappa shape index (κ2) is 7.60. The molecule has 0 amide bonds. The molecule has 19 heavy (non-hydrogen) atoms. The normalized spacial score (nSPS) is 27.2. The van der Waals surface area contributed by atoms with E-state index in [9.17, 15) is 0 Å². The summed E-state index contributed by atoms with van der Waals surface area (Å²) in [6.45, 7) is 3.00. The summed E-state index contributed by atoms with van der Waals surface area (Å²) in [4.78, 5) is 0. The number of halogens is 1. The molecule has 0 N–H and O–H groups in total. The minimum atomic E-state index is -1.74. The van der Waals surface area contributed by atoms with Gasteiger partial charge in [0, 0.05) is 3.55 Å². The van der Waals surface area contributed by atoms with E-state index < -0.39 is 8.32 Å². The van der Waals surface area contributed by atoms with Gasteiger partial charge in [-0.25, -0.2) is 0 Å². The SMILES string of the molecule is CCC/C=C\CO[Si]1(c2ccccc2)CCCC1I. The number of benzene rings is 1.